The summed E-state index contributed by atoms with van der Waals surface area (Å²) in [6.45, 7) is 1.64. The number of hydrogen-bond acceptors (Lipinski definition) is 6. The highest BCUT2D eigenvalue weighted by atomic mass is 19.3. The molecule has 0 aromatic carbocycles. The molecule has 0 spiro atoms. The summed E-state index contributed by atoms with van der Waals surface area (Å²) < 4.78 is 30.8. The van der Waals surface area contributed by atoms with E-state index in [-0.39, 0.29) is 37.2 Å². The molecule has 8 nitrogen and oxygen atoms in total. The average molecular weight is 429 g/mol. The lowest BCUT2D eigenvalue weighted by Crippen LogP contribution is -2.26. The minimum Gasteiger partial charge on any atom is -0.334 e. The van der Waals surface area contributed by atoms with Crippen molar-refractivity contribution in [3.05, 3.63) is 34.5 Å². The number of nitrogens with one attached hydrogen (secondary N) is 1. The van der Waals surface area contributed by atoms with Crippen molar-refractivity contribution in [3.63, 3.8) is 0 Å². The lowest BCUT2D eigenvalue weighted by Gasteiger charge is -2.17. The molecule has 0 amide bonds. The SMILES string of the molecule is Cc1cc(Nc2cc3c(cn2)n(C)c(=O)n3C2CCCC2)nc(N2CCC(F)(F)C2)n1. The van der Waals surface area contributed by atoms with Crippen LogP contribution >= 0.6 is 0 Å². The van der Waals surface area contributed by atoms with E-state index in [2.05, 4.69) is 20.3 Å². The van der Waals surface area contributed by atoms with E-state index in [1.807, 2.05) is 10.6 Å². The standard InChI is InChI=1S/C21H25F2N7O/c1-13-9-18(27-19(25-13)29-8-7-21(22,23)12-29)26-17-10-15-16(11-24-17)28(2)20(31)30(15)14-5-3-4-6-14/h9-11,14H,3-8,12H2,1-2H3,(H,24,25,26,27). The molecule has 10 heteroatoms. The molecular weight excluding hydrogens is 404 g/mol. The van der Waals surface area contributed by atoms with Gasteiger partial charge in [-0.2, -0.15) is 4.98 Å². The number of pyridine rings is 1. The van der Waals surface area contributed by atoms with E-state index in [1.165, 1.54) is 4.90 Å². The Labute approximate surface area is 177 Å². The predicted molar refractivity (Wildman–Crippen MR) is 114 cm³/mol. The van der Waals surface area contributed by atoms with Gasteiger partial charge >= 0.3 is 5.69 Å². The van der Waals surface area contributed by atoms with Crippen LogP contribution in [0.3, 0.4) is 0 Å². The van der Waals surface area contributed by atoms with Gasteiger partial charge in [-0.25, -0.2) is 23.5 Å². The summed E-state index contributed by atoms with van der Waals surface area (Å²) in [4.78, 5) is 27.5. The molecule has 164 valence electrons. The fourth-order valence-electron chi connectivity index (χ4n) is 4.64. The molecular formula is C21H25F2N7O. The number of hydrogen-bond donors (Lipinski definition) is 1. The highest BCUT2D eigenvalue weighted by Crippen LogP contribution is 2.32. The van der Waals surface area contributed by atoms with E-state index in [9.17, 15) is 13.6 Å². The molecule has 4 heterocycles. The molecule has 0 atom stereocenters. The zero-order chi connectivity index (χ0) is 21.8. The summed E-state index contributed by atoms with van der Waals surface area (Å²) in [5, 5.41) is 3.17. The van der Waals surface area contributed by atoms with Crippen LogP contribution in [0, 0.1) is 6.92 Å². The van der Waals surface area contributed by atoms with Crippen LogP contribution in [0.2, 0.25) is 0 Å². The van der Waals surface area contributed by atoms with Crippen LogP contribution in [0.5, 0.6) is 0 Å². The van der Waals surface area contributed by atoms with E-state index >= 15 is 0 Å². The molecule has 2 aliphatic rings. The maximum Gasteiger partial charge on any atom is 0.329 e. The summed E-state index contributed by atoms with van der Waals surface area (Å²) in [6.07, 6.45) is 5.74. The van der Waals surface area contributed by atoms with Gasteiger partial charge in [0.2, 0.25) is 5.95 Å². The Bertz CT molecular complexity index is 1200. The van der Waals surface area contributed by atoms with E-state index in [1.54, 1.807) is 30.8 Å². The molecule has 1 aliphatic carbocycles. The first kappa shape index (κ1) is 19.9. The molecule has 2 fully saturated rings. The molecule has 1 saturated carbocycles. The largest absolute Gasteiger partial charge is 0.334 e. The van der Waals surface area contributed by atoms with Gasteiger partial charge in [0.15, 0.2) is 0 Å². The maximum absolute atomic E-state index is 13.6. The summed E-state index contributed by atoms with van der Waals surface area (Å²) in [6, 6.07) is 3.81. The van der Waals surface area contributed by atoms with Crippen LogP contribution < -0.4 is 15.9 Å². The van der Waals surface area contributed by atoms with Gasteiger partial charge in [0.1, 0.15) is 11.6 Å². The number of rotatable bonds is 4. The Morgan fingerprint density at radius 2 is 1.90 bits per heavy atom. The van der Waals surface area contributed by atoms with Gasteiger partial charge in [-0.05, 0) is 19.8 Å². The third kappa shape index (κ3) is 3.64. The number of aryl methyl sites for hydroxylation is 2. The second kappa shape index (κ2) is 7.28. The Balaban J connectivity index is 1.48. The van der Waals surface area contributed by atoms with Crippen molar-refractivity contribution in [2.24, 2.45) is 7.05 Å². The molecule has 0 radical (unpaired) electrons. The van der Waals surface area contributed by atoms with Gasteiger partial charge in [0.25, 0.3) is 5.92 Å². The molecule has 0 unspecified atom stereocenters. The molecule has 1 N–H and O–H groups in total. The zero-order valence-corrected chi connectivity index (χ0v) is 17.6. The van der Waals surface area contributed by atoms with Gasteiger partial charge in [-0.3, -0.25) is 9.13 Å². The molecule has 1 saturated heterocycles. The molecule has 31 heavy (non-hydrogen) atoms. The lowest BCUT2D eigenvalue weighted by atomic mass is 10.2. The van der Waals surface area contributed by atoms with E-state index in [4.69, 9.17) is 0 Å². The Hall–Kier alpha value is -3.04. The van der Waals surface area contributed by atoms with Crippen LogP contribution in [0.1, 0.15) is 43.8 Å². The van der Waals surface area contributed by atoms with E-state index in [0.29, 0.717) is 17.3 Å². The van der Waals surface area contributed by atoms with Crippen LogP contribution in [0.15, 0.2) is 23.1 Å². The topological polar surface area (TPSA) is 80.9 Å². The summed E-state index contributed by atoms with van der Waals surface area (Å²) in [5.74, 6) is -1.41. The number of alkyl halides is 2. The zero-order valence-electron chi connectivity index (χ0n) is 17.6. The van der Waals surface area contributed by atoms with Crippen LogP contribution in [0.4, 0.5) is 26.4 Å². The van der Waals surface area contributed by atoms with Crippen molar-refractivity contribution in [2.75, 3.05) is 23.3 Å². The van der Waals surface area contributed by atoms with Gasteiger partial charge < -0.3 is 10.2 Å². The van der Waals surface area contributed by atoms with Crippen molar-refractivity contribution in [1.82, 2.24) is 24.1 Å². The first-order valence-corrected chi connectivity index (χ1v) is 10.6. The van der Waals surface area contributed by atoms with Gasteiger partial charge in [0, 0.05) is 43.9 Å². The highest BCUT2D eigenvalue weighted by molar-refractivity contribution is 5.79. The number of halogens is 2. The van der Waals surface area contributed by atoms with Gasteiger partial charge in [-0.15, -0.1) is 0 Å². The summed E-state index contributed by atoms with van der Waals surface area (Å²) >= 11 is 0. The Morgan fingerprint density at radius 1 is 1.13 bits per heavy atom. The fraction of sp³-hybridized carbons (Fsp3) is 0.524. The fourth-order valence-corrected chi connectivity index (χ4v) is 4.64. The second-order valence-electron chi connectivity index (χ2n) is 8.56. The first-order chi connectivity index (χ1) is 14.8. The molecule has 5 rings (SSSR count). The number of nitrogens with zero attached hydrogens (tertiary/aromatic N) is 6. The monoisotopic (exact) mass is 429 g/mol. The summed E-state index contributed by atoms with van der Waals surface area (Å²) in [5.41, 5.74) is 2.26. The van der Waals surface area contributed by atoms with Crippen LogP contribution in [0.25, 0.3) is 11.0 Å². The average Bonchev–Trinajstić information content (AvgIpc) is 3.41. The predicted octanol–water partition coefficient (Wildman–Crippen LogP) is 3.54. The highest BCUT2D eigenvalue weighted by Gasteiger charge is 2.39. The third-order valence-electron chi connectivity index (χ3n) is 6.22. The molecule has 0 bridgehead atoms. The number of fused-ring (bicyclic) bond motifs is 1. The van der Waals surface area contributed by atoms with E-state index in [0.717, 1.165) is 36.7 Å². The lowest BCUT2D eigenvalue weighted by molar-refractivity contribution is 0.0256. The van der Waals surface area contributed by atoms with Crippen molar-refractivity contribution in [1.29, 1.82) is 0 Å². The first-order valence-electron chi connectivity index (χ1n) is 10.6. The van der Waals surface area contributed by atoms with Crippen molar-refractivity contribution in [2.45, 2.75) is 51.0 Å². The van der Waals surface area contributed by atoms with E-state index < -0.39 is 5.92 Å². The smallest absolute Gasteiger partial charge is 0.329 e. The minimum atomic E-state index is -2.72. The van der Waals surface area contributed by atoms with Crippen molar-refractivity contribution in [3.8, 4) is 0 Å². The summed E-state index contributed by atoms with van der Waals surface area (Å²) in [7, 11) is 1.76. The van der Waals surface area contributed by atoms with Crippen LogP contribution in [-0.2, 0) is 7.05 Å². The Morgan fingerprint density at radius 3 is 2.61 bits per heavy atom. The third-order valence-corrected chi connectivity index (χ3v) is 6.22. The van der Waals surface area contributed by atoms with Gasteiger partial charge in [0.05, 0.1) is 23.8 Å². The Kier molecular flexibility index (Phi) is 4.67. The van der Waals surface area contributed by atoms with Crippen molar-refractivity contribution >= 4 is 28.6 Å². The molecule has 3 aromatic heterocycles. The molecule has 1 aliphatic heterocycles. The minimum absolute atomic E-state index is 0.0315. The maximum atomic E-state index is 13.6. The number of imidazole rings is 1. The molecule has 3 aromatic rings. The second-order valence-corrected chi connectivity index (χ2v) is 8.56. The number of aromatic nitrogens is 5. The quantitative estimate of drug-likeness (QED) is 0.683. The normalized spacial score (nSPS) is 18.9. The van der Waals surface area contributed by atoms with Crippen molar-refractivity contribution < 1.29 is 8.78 Å². The van der Waals surface area contributed by atoms with Gasteiger partial charge in [-0.1, -0.05) is 12.8 Å². The van der Waals surface area contributed by atoms with Crippen LogP contribution in [-0.4, -0.2) is 43.1 Å². The number of anilines is 3.